The molecule has 104 valence electrons. The molecule has 0 spiro atoms. The van der Waals surface area contributed by atoms with E-state index < -0.39 is 0 Å². The van der Waals surface area contributed by atoms with E-state index in [1.807, 2.05) is 12.1 Å². The summed E-state index contributed by atoms with van der Waals surface area (Å²) in [7, 11) is 0. The zero-order valence-electron chi connectivity index (χ0n) is 11.2. The molecular formula is C15H17N3O2. The van der Waals surface area contributed by atoms with Crippen LogP contribution in [0.4, 0.5) is 11.4 Å². The molecule has 0 atom stereocenters. The van der Waals surface area contributed by atoms with Gasteiger partial charge in [0.2, 0.25) is 0 Å². The first-order valence-corrected chi connectivity index (χ1v) is 7.04. The number of nitrogens with one attached hydrogen (secondary N) is 1. The molecule has 5 nitrogen and oxygen atoms in total. The van der Waals surface area contributed by atoms with E-state index in [1.165, 1.54) is 38.2 Å². The van der Waals surface area contributed by atoms with Gasteiger partial charge in [-0.25, -0.2) is 4.98 Å². The summed E-state index contributed by atoms with van der Waals surface area (Å²) >= 11 is 0. The van der Waals surface area contributed by atoms with Crippen molar-refractivity contribution in [1.82, 2.24) is 4.98 Å². The first-order chi connectivity index (χ1) is 9.75. The summed E-state index contributed by atoms with van der Waals surface area (Å²) in [6.07, 6.45) is 7.78. The summed E-state index contributed by atoms with van der Waals surface area (Å²) in [5, 5.41) is 15.4. The normalized spacial score (nSPS) is 16.2. The number of benzene rings is 1. The van der Waals surface area contributed by atoms with E-state index in [0.29, 0.717) is 11.6 Å². The highest BCUT2D eigenvalue weighted by molar-refractivity contribution is 5.96. The predicted molar refractivity (Wildman–Crippen MR) is 78.9 cm³/mol. The molecule has 1 fully saturated rings. The molecule has 0 unspecified atom stereocenters. The Bertz CT molecular complexity index is 636. The highest BCUT2D eigenvalue weighted by atomic mass is 16.6. The van der Waals surface area contributed by atoms with E-state index in [9.17, 15) is 10.1 Å². The summed E-state index contributed by atoms with van der Waals surface area (Å²) in [6, 6.07) is 7.48. The molecule has 0 aliphatic heterocycles. The van der Waals surface area contributed by atoms with Gasteiger partial charge in [-0.1, -0.05) is 31.4 Å². The van der Waals surface area contributed by atoms with Crippen LogP contribution in [0.2, 0.25) is 0 Å². The summed E-state index contributed by atoms with van der Waals surface area (Å²) in [6.45, 7) is 0. The molecule has 0 radical (unpaired) electrons. The lowest BCUT2D eigenvalue weighted by atomic mass is 9.95. The topological polar surface area (TPSA) is 68.1 Å². The predicted octanol–water partition coefficient (Wildman–Crippen LogP) is 3.89. The van der Waals surface area contributed by atoms with Gasteiger partial charge >= 0.3 is 0 Å². The van der Waals surface area contributed by atoms with Gasteiger partial charge in [-0.2, -0.15) is 0 Å². The molecule has 3 rings (SSSR count). The van der Waals surface area contributed by atoms with Crippen LogP contribution in [0.3, 0.4) is 0 Å². The van der Waals surface area contributed by atoms with Crippen LogP contribution < -0.4 is 5.32 Å². The summed E-state index contributed by atoms with van der Waals surface area (Å²) in [5.74, 6) is 0. The first-order valence-electron chi connectivity index (χ1n) is 7.04. The molecule has 1 heterocycles. The maximum absolute atomic E-state index is 11.1. The minimum Gasteiger partial charge on any atom is -0.382 e. The van der Waals surface area contributed by atoms with Crippen LogP contribution >= 0.6 is 0 Å². The van der Waals surface area contributed by atoms with Crippen molar-refractivity contribution >= 4 is 22.3 Å². The number of fused-ring (bicyclic) bond motifs is 1. The van der Waals surface area contributed by atoms with Gasteiger partial charge in [-0.15, -0.1) is 0 Å². The van der Waals surface area contributed by atoms with Crippen LogP contribution in [0, 0.1) is 10.1 Å². The number of rotatable bonds is 3. The van der Waals surface area contributed by atoms with Crippen LogP contribution in [0.5, 0.6) is 0 Å². The molecule has 5 heteroatoms. The van der Waals surface area contributed by atoms with Crippen LogP contribution in [-0.2, 0) is 0 Å². The second kappa shape index (κ2) is 5.45. The van der Waals surface area contributed by atoms with Crippen molar-refractivity contribution < 1.29 is 4.92 Å². The standard InChI is InChI=1S/C15H17N3O2/c19-18(20)14-8-4-7-12-13(9-10-16-15(12)14)17-11-5-2-1-3-6-11/h4,7-11H,1-3,5-6H2,(H,16,17). The van der Waals surface area contributed by atoms with Gasteiger partial charge in [0.15, 0.2) is 0 Å². The van der Waals surface area contributed by atoms with Gasteiger partial charge in [-0.3, -0.25) is 10.1 Å². The number of hydrogen-bond donors (Lipinski definition) is 1. The third-order valence-electron chi connectivity index (χ3n) is 3.91. The summed E-state index contributed by atoms with van der Waals surface area (Å²) < 4.78 is 0. The second-order valence-corrected chi connectivity index (χ2v) is 5.27. The van der Waals surface area contributed by atoms with E-state index in [0.717, 1.165) is 11.1 Å². The number of para-hydroxylation sites is 1. The maximum atomic E-state index is 11.1. The molecule has 1 aliphatic carbocycles. The lowest BCUT2D eigenvalue weighted by Crippen LogP contribution is -2.22. The van der Waals surface area contributed by atoms with E-state index in [1.54, 1.807) is 12.3 Å². The molecular weight excluding hydrogens is 254 g/mol. The molecule has 0 amide bonds. The number of hydrogen-bond acceptors (Lipinski definition) is 4. The molecule has 0 bridgehead atoms. The van der Waals surface area contributed by atoms with Crippen LogP contribution in [0.25, 0.3) is 10.9 Å². The van der Waals surface area contributed by atoms with Crippen LogP contribution in [0.15, 0.2) is 30.5 Å². The fourth-order valence-corrected chi connectivity index (χ4v) is 2.90. The van der Waals surface area contributed by atoms with Gasteiger partial charge in [0.25, 0.3) is 5.69 Å². The van der Waals surface area contributed by atoms with Crippen molar-refractivity contribution in [1.29, 1.82) is 0 Å². The van der Waals surface area contributed by atoms with Crippen molar-refractivity contribution in [2.75, 3.05) is 5.32 Å². The van der Waals surface area contributed by atoms with Crippen molar-refractivity contribution in [2.24, 2.45) is 0 Å². The van der Waals surface area contributed by atoms with Crippen molar-refractivity contribution in [3.05, 3.63) is 40.6 Å². The van der Waals surface area contributed by atoms with E-state index >= 15 is 0 Å². The minimum atomic E-state index is -0.375. The molecule has 20 heavy (non-hydrogen) atoms. The Kier molecular flexibility index (Phi) is 3.50. The number of anilines is 1. The third kappa shape index (κ3) is 2.43. The van der Waals surface area contributed by atoms with Gasteiger partial charge in [0.05, 0.1) is 4.92 Å². The molecule has 2 aromatic rings. The smallest absolute Gasteiger partial charge is 0.295 e. The molecule has 0 saturated heterocycles. The van der Waals surface area contributed by atoms with Crippen molar-refractivity contribution in [2.45, 2.75) is 38.1 Å². The number of nitrogens with zero attached hydrogens (tertiary/aromatic N) is 2. The minimum absolute atomic E-state index is 0.0646. The number of pyridine rings is 1. The Morgan fingerprint density at radius 3 is 2.75 bits per heavy atom. The Morgan fingerprint density at radius 2 is 2.00 bits per heavy atom. The largest absolute Gasteiger partial charge is 0.382 e. The Labute approximate surface area is 117 Å². The second-order valence-electron chi connectivity index (χ2n) is 5.27. The van der Waals surface area contributed by atoms with Crippen molar-refractivity contribution in [3.8, 4) is 0 Å². The Hall–Kier alpha value is -2.17. The Balaban J connectivity index is 1.98. The van der Waals surface area contributed by atoms with Crippen molar-refractivity contribution in [3.63, 3.8) is 0 Å². The SMILES string of the molecule is O=[N+]([O-])c1cccc2c(NC3CCCCC3)ccnc12. The lowest BCUT2D eigenvalue weighted by molar-refractivity contribution is -0.383. The Morgan fingerprint density at radius 1 is 1.20 bits per heavy atom. The van der Waals surface area contributed by atoms with Gasteiger partial charge in [-0.05, 0) is 18.9 Å². The molecule has 1 saturated carbocycles. The molecule has 1 aromatic heterocycles. The van der Waals surface area contributed by atoms with Gasteiger partial charge in [0, 0.05) is 29.4 Å². The van der Waals surface area contributed by atoms with Gasteiger partial charge in [0.1, 0.15) is 5.52 Å². The van der Waals surface area contributed by atoms with E-state index in [4.69, 9.17) is 0 Å². The molecule has 1 N–H and O–H groups in total. The van der Waals surface area contributed by atoms with Gasteiger partial charge < -0.3 is 5.32 Å². The van der Waals surface area contributed by atoms with Crippen LogP contribution in [0.1, 0.15) is 32.1 Å². The van der Waals surface area contributed by atoms with E-state index in [-0.39, 0.29) is 10.6 Å². The maximum Gasteiger partial charge on any atom is 0.295 e. The fourth-order valence-electron chi connectivity index (χ4n) is 2.90. The fraction of sp³-hybridized carbons (Fsp3) is 0.400. The quantitative estimate of drug-likeness (QED) is 0.679. The zero-order valence-corrected chi connectivity index (χ0v) is 11.2. The summed E-state index contributed by atoms with van der Waals surface area (Å²) in [4.78, 5) is 14.9. The monoisotopic (exact) mass is 271 g/mol. The highest BCUT2D eigenvalue weighted by Crippen LogP contribution is 2.30. The highest BCUT2D eigenvalue weighted by Gasteiger charge is 2.17. The molecule has 1 aliphatic rings. The third-order valence-corrected chi connectivity index (χ3v) is 3.91. The number of non-ortho nitro benzene ring substituents is 1. The van der Waals surface area contributed by atoms with E-state index in [2.05, 4.69) is 10.3 Å². The average Bonchev–Trinajstić information content (AvgIpc) is 2.48. The number of nitro benzene ring substituents is 1. The molecule has 1 aromatic carbocycles. The number of aromatic nitrogens is 1. The van der Waals surface area contributed by atoms with Crippen LogP contribution in [-0.4, -0.2) is 15.9 Å². The number of nitro groups is 1. The zero-order chi connectivity index (χ0) is 13.9. The lowest BCUT2D eigenvalue weighted by Gasteiger charge is -2.24. The first kappa shape index (κ1) is 12.8. The average molecular weight is 271 g/mol. The summed E-state index contributed by atoms with van der Waals surface area (Å²) in [5.41, 5.74) is 1.47.